The molecule has 0 aliphatic carbocycles. The van der Waals surface area contributed by atoms with Crippen LogP contribution < -0.4 is 0 Å². The third kappa shape index (κ3) is 4.23. The lowest BCUT2D eigenvalue weighted by atomic mass is 9.96. The molecule has 1 saturated heterocycles. The van der Waals surface area contributed by atoms with Crippen LogP contribution in [0.15, 0.2) is 23.4 Å². The fourth-order valence-electron chi connectivity index (χ4n) is 2.95. The molecular weight excluding hydrogens is 264 g/mol. The fraction of sp³-hybridized carbons (Fsp3) is 0.706. The molecule has 112 valence electrons. The zero-order chi connectivity index (χ0) is 14.4. The van der Waals surface area contributed by atoms with Crippen molar-refractivity contribution in [2.24, 2.45) is 0 Å². The van der Waals surface area contributed by atoms with Crippen molar-refractivity contribution in [1.29, 1.82) is 0 Å². The van der Waals surface area contributed by atoms with Gasteiger partial charge >= 0.3 is 0 Å². The van der Waals surface area contributed by atoms with E-state index in [9.17, 15) is 0 Å². The summed E-state index contributed by atoms with van der Waals surface area (Å²) in [7, 11) is 0. The van der Waals surface area contributed by atoms with Gasteiger partial charge < -0.3 is 0 Å². The Labute approximate surface area is 128 Å². The Morgan fingerprint density at radius 1 is 1.40 bits per heavy atom. The van der Waals surface area contributed by atoms with Crippen LogP contribution in [0.25, 0.3) is 0 Å². The normalized spacial score (nSPS) is 20.5. The first-order valence-corrected chi connectivity index (χ1v) is 8.96. The van der Waals surface area contributed by atoms with Gasteiger partial charge in [0.1, 0.15) is 5.03 Å². The highest BCUT2D eigenvalue weighted by Gasteiger charge is 2.26. The van der Waals surface area contributed by atoms with E-state index >= 15 is 0 Å². The van der Waals surface area contributed by atoms with Gasteiger partial charge in [-0.05, 0) is 38.4 Å². The number of rotatable bonds is 6. The van der Waals surface area contributed by atoms with Crippen molar-refractivity contribution in [3.8, 4) is 0 Å². The number of hydrogen-bond acceptors (Lipinski definition) is 3. The van der Waals surface area contributed by atoms with Crippen molar-refractivity contribution in [3.63, 3.8) is 0 Å². The number of thioether (sulfide) groups is 1. The van der Waals surface area contributed by atoms with E-state index in [2.05, 4.69) is 42.8 Å². The number of pyridine rings is 1. The maximum absolute atomic E-state index is 4.65. The van der Waals surface area contributed by atoms with E-state index in [1.807, 2.05) is 18.0 Å². The van der Waals surface area contributed by atoms with Crippen LogP contribution in [0.3, 0.4) is 0 Å². The van der Waals surface area contributed by atoms with Gasteiger partial charge in [-0.2, -0.15) is 0 Å². The smallest absolute Gasteiger partial charge is 0.101 e. The van der Waals surface area contributed by atoms with Gasteiger partial charge in [0.05, 0.1) is 0 Å². The molecule has 1 fully saturated rings. The van der Waals surface area contributed by atoms with Crippen molar-refractivity contribution < 1.29 is 0 Å². The Morgan fingerprint density at radius 2 is 2.25 bits per heavy atom. The van der Waals surface area contributed by atoms with Crippen LogP contribution >= 0.6 is 11.8 Å². The summed E-state index contributed by atoms with van der Waals surface area (Å²) in [6.07, 6.45) is 8.53. The summed E-state index contributed by atoms with van der Waals surface area (Å²) in [5.74, 6) is 0. The van der Waals surface area contributed by atoms with Gasteiger partial charge in [0.15, 0.2) is 0 Å². The van der Waals surface area contributed by atoms with E-state index in [1.165, 1.54) is 55.8 Å². The van der Waals surface area contributed by atoms with Gasteiger partial charge in [0.2, 0.25) is 0 Å². The highest BCUT2D eigenvalue weighted by atomic mass is 32.2. The van der Waals surface area contributed by atoms with Crippen LogP contribution in [0.2, 0.25) is 0 Å². The lowest BCUT2D eigenvalue weighted by molar-refractivity contribution is 0.144. The number of nitrogens with zero attached hydrogens (tertiary/aromatic N) is 2. The van der Waals surface area contributed by atoms with Gasteiger partial charge in [-0.3, -0.25) is 4.90 Å². The first-order chi connectivity index (χ1) is 9.72. The van der Waals surface area contributed by atoms with Crippen molar-refractivity contribution in [3.05, 3.63) is 23.9 Å². The first kappa shape index (κ1) is 15.8. The molecule has 0 N–H and O–H groups in total. The highest BCUT2D eigenvalue weighted by Crippen LogP contribution is 2.36. The predicted molar refractivity (Wildman–Crippen MR) is 88.3 cm³/mol. The molecule has 2 rings (SSSR count). The molecule has 1 aliphatic heterocycles. The average Bonchev–Trinajstić information content (AvgIpc) is 2.45. The van der Waals surface area contributed by atoms with Crippen LogP contribution in [0.5, 0.6) is 0 Å². The molecule has 0 saturated carbocycles. The van der Waals surface area contributed by atoms with Crippen molar-refractivity contribution in [2.75, 3.05) is 13.1 Å². The molecule has 20 heavy (non-hydrogen) atoms. The number of aromatic nitrogens is 1. The SMILES string of the molecule is CCCCN1CCCC[C@H]1c1cccnc1SC(C)C. The molecule has 0 spiro atoms. The summed E-state index contributed by atoms with van der Waals surface area (Å²) in [6.45, 7) is 9.27. The number of piperidine rings is 1. The van der Waals surface area contributed by atoms with Crippen LogP contribution in [0.1, 0.15) is 64.5 Å². The summed E-state index contributed by atoms with van der Waals surface area (Å²) < 4.78 is 0. The highest BCUT2D eigenvalue weighted by molar-refractivity contribution is 7.99. The number of likely N-dealkylation sites (tertiary alicyclic amines) is 1. The van der Waals surface area contributed by atoms with E-state index in [0.29, 0.717) is 11.3 Å². The van der Waals surface area contributed by atoms with Crippen LogP contribution in [0, 0.1) is 0 Å². The Morgan fingerprint density at radius 3 is 3.00 bits per heavy atom. The summed E-state index contributed by atoms with van der Waals surface area (Å²) in [6, 6.07) is 4.99. The Kier molecular flexibility index (Phi) is 6.37. The second-order valence-electron chi connectivity index (χ2n) is 5.97. The molecule has 0 unspecified atom stereocenters. The molecule has 0 bridgehead atoms. The van der Waals surface area contributed by atoms with Crippen LogP contribution in [0.4, 0.5) is 0 Å². The second kappa shape index (κ2) is 8.04. The zero-order valence-corrected chi connectivity index (χ0v) is 14.0. The van der Waals surface area contributed by atoms with Gasteiger partial charge in [0, 0.05) is 23.1 Å². The maximum atomic E-state index is 4.65. The van der Waals surface area contributed by atoms with Crippen molar-refractivity contribution in [2.45, 2.75) is 69.2 Å². The summed E-state index contributed by atoms with van der Waals surface area (Å²) in [5.41, 5.74) is 1.46. The summed E-state index contributed by atoms with van der Waals surface area (Å²) >= 11 is 1.91. The molecule has 0 aromatic carbocycles. The van der Waals surface area contributed by atoms with Gasteiger partial charge in [0.25, 0.3) is 0 Å². The van der Waals surface area contributed by atoms with E-state index in [4.69, 9.17) is 0 Å². The standard InChI is InChI=1S/C17H28N2S/c1-4-5-12-19-13-7-6-10-16(19)15-9-8-11-18-17(15)20-14(2)3/h8-9,11,14,16H,4-7,10,12-13H2,1-3H3/t16-/m0/s1. The maximum Gasteiger partial charge on any atom is 0.101 e. The Bertz CT molecular complexity index is 406. The molecule has 1 aliphatic rings. The molecular formula is C17H28N2S. The van der Waals surface area contributed by atoms with Gasteiger partial charge in [-0.1, -0.05) is 39.7 Å². The average molecular weight is 292 g/mol. The van der Waals surface area contributed by atoms with E-state index in [0.717, 1.165) is 0 Å². The monoisotopic (exact) mass is 292 g/mol. The zero-order valence-electron chi connectivity index (χ0n) is 13.1. The van der Waals surface area contributed by atoms with E-state index in [1.54, 1.807) is 0 Å². The summed E-state index contributed by atoms with van der Waals surface area (Å²) in [5, 5.41) is 1.84. The second-order valence-corrected chi connectivity index (χ2v) is 7.53. The molecule has 0 amide bonds. The minimum Gasteiger partial charge on any atom is -0.296 e. The molecule has 2 heterocycles. The largest absolute Gasteiger partial charge is 0.296 e. The Balaban J connectivity index is 2.18. The minimum absolute atomic E-state index is 0.588. The minimum atomic E-state index is 0.588. The lowest BCUT2D eigenvalue weighted by Crippen LogP contribution is -2.34. The number of hydrogen-bond donors (Lipinski definition) is 0. The van der Waals surface area contributed by atoms with Gasteiger partial charge in [-0.15, -0.1) is 11.8 Å². The topological polar surface area (TPSA) is 16.1 Å². The fourth-order valence-corrected chi connectivity index (χ4v) is 3.86. The van der Waals surface area contributed by atoms with Crippen LogP contribution in [-0.4, -0.2) is 28.2 Å². The van der Waals surface area contributed by atoms with Crippen LogP contribution in [-0.2, 0) is 0 Å². The quantitative estimate of drug-likeness (QED) is 0.693. The first-order valence-electron chi connectivity index (χ1n) is 8.08. The third-order valence-electron chi connectivity index (χ3n) is 3.92. The predicted octanol–water partition coefficient (Wildman–Crippen LogP) is 4.91. The molecule has 1 aromatic heterocycles. The molecule has 1 aromatic rings. The van der Waals surface area contributed by atoms with Crippen molar-refractivity contribution in [1.82, 2.24) is 9.88 Å². The molecule has 1 atom stereocenters. The lowest BCUT2D eigenvalue weighted by Gasteiger charge is -2.36. The van der Waals surface area contributed by atoms with Crippen molar-refractivity contribution >= 4 is 11.8 Å². The number of unbranched alkanes of at least 4 members (excludes halogenated alkanes) is 1. The van der Waals surface area contributed by atoms with E-state index < -0.39 is 0 Å². The van der Waals surface area contributed by atoms with E-state index in [-0.39, 0.29) is 0 Å². The molecule has 2 nitrogen and oxygen atoms in total. The van der Waals surface area contributed by atoms with Gasteiger partial charge in [-0.25, -0.2) is 4.98 Å². The Hall–Kier alpha value is -0.540. The summed E-state index contributed by atoms with van der Waals surface area (Å²) in [4.78, 5) is 7.33. The molecule has 0 radical (unpaired) electrons. The molecule has 3 heteroatoms. The third-order valence-corrected chi connectivity index (χ3v) is 4.96.